The van der Waals surface area contributed by atoms with Crippen molar-refractivity contribution in [3.05, 3.63) is 60.7 Å². The summed E-state index contributed by atoms with van der Waals surface area (Å²) >= 11 is 0. The fourth-order valence-corrected chi connectivity index (χ4v) is 2.31. The van der Waals surface area contributed by atoms with Gasteiger partial charge in [-0.1, -0.05) is 17.7 Å². The van der Waals surface area contributed by atoms with Crippen molar-refractivity contribution in [1.29, 1.82) is 0 Å². The molecule has 2 heterocycles. The van der Waals surface area contributed by atoms with Gasteiger partial charge in [0.1, 0.15) is 18.2 Å². The van der Waals surface area contributed by atoms with Crippen LogP contribution >= 0.6 is 0 Å². The molecule has 2 aromatic carbocycles. The number of hydrogen-bond donors (Lipinski definition) is 0. The molecule has 0 amide bonds. The lowest BCUT2D eigenvalue weighted by atomic mass is 10.1. The second-order valence-electron chi connectivity index (χ2n) is 4.91. The number of oxazole rings is 1. The van der Waals surface area contributed by atoms with Crippen LogP contribution in [0.5, 0.6) is 0 Å². The molecule has 0 aliphatic heterocycles. The molecule has 0 fully saturated rings. The molecule has 4 aromatic rings. The molecule has 0 saturated heterocycles. The first-order valence-corrected chi connectivity index (χ1v) is 6.62. The molecule has 0 aliphatic rings. The Morgan fingerprint density at radius 1 is 1.00 bits per heavy atom. The van der Waals surface area contributed by atoms with E-state index in [1.807, 2.05) is 34.9 Å². The molecule has 0 aliphatic carbocycles. The molecule has 0 unspecified atom stereocenters. The summed E-state index contributed by atoms with van der Waals surface area (Å²) in [6.45, 7) is 2.05. The number of rotatable bonds is 2. The Kier molecular flexibility index (Phi) is 2.57. The highest BCUT2D eigenvalue weighted by Crippen LogP contribution is 2.26. The molecular weight excluding hydrogens is 264 g/mol. The maximum absolute atomic E-state index is 5.83. The molecule has 2 aromatic heterocycles. The number of benzene rings is 2. The Hall–Kier alpha value is -2.95. The van der Waals surface area contributed by atoms with Gasteiger partial charge in [-0.25, -0.2) is 4.98 Å². The van der Waals surface area contributed by atoms with Gasteiger partial charge in [0.25, 0.3) is 0 Å². The topological polar surface area (TPSA) is 56.7 Å². The van der Waals surface area contributed by atoms with Crippen molar-refractivity contribution < 1.29 is 4.42 Å². The maximum atomic E-state index is 5.83. The smallest absolute Gasteiger partial charge is 0.227 e. The Morgan fingerprint density at radius 2 is 1.86 bits per heavy atom. The molecule has 0 bridgehead atoms. The normalized spacial score (nSPS) is 11.1. The summed E-state index contributed by atoms with van der Waals surface area (Å²) in [5, 5.41) is 7.62. The van der Waals surface area contributed by atoms with Crippen molar-refractivity contribution in [2.45, 2.75) is 6.92 Å². The first-order valence-electron chi connectivity index (χ1n) is 6.62. The number of nitrogens with zero attached hydrogens (tertiary/aromatic N) is 4. The molecule has 102 valence electrons. The zero-order valence-electron chi connectivity index (χ0n) is 11.4. The molecule has 0 atom stereocenters. The summed E-state index contributed by atoms with van der Waals surface area (Å²) < 4.78 is 7.66. The van der Waals surface area contributed by atoms with Gasteiger partial charge in [0.15, 0.2) is 5.58 Å². The summed E-state index contributed by atoms with van der Waals surface area (Å²) in [5.41, 5.74) is 4.70. The zero-order valence-corrected chi connectivity index (χ0v) is 11.4. The minimum Gasteiger partial charge on any atom is -0.436 e. The molecule has 0 spiro atoms. The van der Waals surface area contributed by atoms with E-state index in [1.54, 1.807) is 12.7 Å². The minimum absolute atomic E-state index is 0.634. The highest BCUT2D eigenvalue weighted by atomic mass is 16.3. The minimum atomic E-state index is 0.634. The number of aryl methyl sites for hydroxylation is 1. The fourth-order valence-electron chi connectivity index (χ4n) is 2.31. The highest BCUT2D eigenvalue weighted by Gasteiger charge is 2.09. The zero-order chi connectivity index (χ0) is 14.2. The summed E-state index contributed by atoms with van der Waals surface area (Å²) in [6, 6.07) is 13.9. The number of aromatic nitrogens is 4. The van der Waals surface area contributed by atoms with E-state index in [1.165, 1.54) is 5.56 Å². The van der Waals surface area contributed by atoms with E-state index in [0.717, 1.165) is 22.4 Å². The molecule has 0 saturated carbocycles. The lowest BCUT2D eigenvalue weighted by Crippen LogP contribution is -1.88. The molecule has 4 rings (SSSR count). The van der Waals surface area contributed by atoms with Crippen LogP contribution in [0.2, 0.25) is 0 Å². The molecule has 21 heavy (non-hydrogen) atoms. The van der Waals surface area contributed by atoms with Crippen molar-refractivity contribution in [3.63, 3.8) is 0 Å². The summed E-state index contributed by atoms with van der Waals surface area (Å²) in [5.74, 6) is 0.634. The lowest BCUT2D eigenvalue weighted by Gasteiger charge is -1.98. The van der Waals surface area contributed by atoms with Crippen LogP contribution in [0.3, 0.4) is 0 Å². The standard InChI is InChI=1S/C16H12N4O/c1-11-3-2-4-12(7-11)16-19-14-8-13(5-6-15(14)21-16)20-9-17-18-10-20/h2-10H,1H3. The Bertz CT molecular complexity index is 909. The third-order valence-corrected chi connectivity index (χ3v) is 3.35. The van der Waals surface area contributed by atoms with Crippen LogP contribution in [0.15, 0.2) is 59.5 Å². The van der Waals surface area contributed by atoms with Gasteiger partial charge >= 0.3 is 0 Å². The van der Waals surface area contributed by atoms with Crippen molar-refractivity contribution in [2.24, 2.45) is 0 Å². The van der Waals surface area contributed by atoms with Crippen LogP contribution in [-0.4, -0.2) is 19.7 Å². The van der Waals surface area contributed by atoms with Crippen molar-refractivity contribution in [1.82, 2.24) is 19.7 Å². The summed E-state index contributed by atoms with van der Waals surface area (Å²) in [7, 11) is 0. The van der Waals surface area contributed by atoms with E-state index in [4.69, 9.17) is 4.42 Å². The molecular formula is C16H12N4O. The van der Waals surface area contributed by atoms with Crippen molar-refractivity contribution >= 4 is 11.1 Å². The first-order chi connectivity index (χ1) is 10.3. The SMILES string of the molecule is Cc1cccc(-c2nc3cc(-n4cnnc4)ccc3o2)c1. The predicted octanol–water partition coefficient (Wildman–Crippen LogP) is 3.38. The lowest BCUT2D eigenvalue weighted by molar-refractivity contribution is 0.619. The summed E-state index contributed by atoms with van der Waals surface area (Å²) in [6.07, 6.45) is 3.31. The van der Waals surface area contributed by atoms with E-state index in [-0.39, 0.29) is 0 Å². The molecule has 0 N–H and O–H groups in total. The van der Waals surface area contributed by atoms with Gasteiger partial charge in [0, 0.05) is 5.56 Å². The number of hydrogen-bond acceptors (Lipinski definition) is 4. The van der Waals surface area contributed by atoms with Crippen molar-refractivity contribution in [3.8, 4) is 17.1 Å². The van der Waals surface area contributed by atoms with Crippen LogP contribution in [0.25, 0.3) is 28.2 Å². The van der Waals surface area contributed by atoms with Gasteiger partial charge < -0.3 is 4.42 Å². The average Bonchev–Trinajstić information content (AvgIpc) is 3.16. The molecule has 5 heteroatoms. The fraction of sp³-hybridized carbons (Fsp3) is 0.0625. The third-order valence-electron chi connectivity index (χ3n) is 3.35. The van der Waals surface area contributed by atoms with Crippen LogP contribution in [0.4, 0.5) is 0 Å². The van der Waals surface area contributed by atoms with Crippen molar-refractivity contribution in [2.75, 3.05) is 0 Å². The average molecular weight is 276 g/mol. The molecule has 5 nitrogen and oxygen atoms in total. The largest absolute Gasteiger partial charge is 0.436 e. The highest BCUT2D eigenvalue weighted by molar-refractivity contribution is 5.78. The predicted molar refractivity (Wildman–Crippen MR) is 79.1 cm³/mol. The Morgan fingerprint density at radius 3 is 2.67 bits per heavy atom. The van der Waals surface area contributed by atoms with Crippen LogP contribution < -0.4 is 0 Å². The quantitative estimate of drug-likeness (QED) is 0.563. The van der Waals surface area contributed by atoms with Gasteiger partial charge in [-0.05, 0) is 37.3 Å². The van der Waals surface area contributed by atoms with Gasteiger partial charge in [-0.3, -0.25) is 4.57 Å². The number of fused-ring (bicyclic) bond motifs is 1. The van der Waals surface area contributed by atoms with E-state index >= 15 is 0 Å². The summed E-state index contributed by atoms with van der Waals surface area (Å²) in [4.78, 5) is 4.57. The Labute approximate surface area is 120 Å². The van der Waals surface area contributed by atoms with E-state index in [0.29, 0.717) is 5.89 Å². The van der Waals surface area contributed by atoms with Crippen LogP contribution in [-0.2, 0) is 0 Å². The first kappa shape index (κ1) is 11.8. The van der Waals surface area contributed by atoms with Gasteiger partial charge in [0.2, 0.25) is 5.89 Å². The van der Waals surface area contributed by atoms with Gasteiger partial charge in [0.05, 0.1) is 5.69 Å². The van der Waals surface area contributed by atoms with Gasteiger partial charge in [-0.2, -0.15) is 0 Å². The molecule has 0 radical (unpaired) electrons. The third kappa shape index (κ3) is 2.08. The van der Waals surface area contributed by atoms with Crippen LogP contribution in [0, 0.1) is 6.92 Å². The second kappa shape index (κ2) is 4.56. The van der Waals surface area contributed by atoms with E-state index in [9.17, 15) is 0 Å². The maximum Gasteiger partial charge on any atom is 0.227 e. The van der Waals surface area contributed by atoms with Crippen LogP contribution in [0.1, 0.15) is 5.56 Å². The van der Waals surface area contributed by atoms with E-state index in [2.05, 4.69) is 34.2 Å². The second-order valence-corrected chi connectivity index (χ2v) is 4.91. The van der Waals surface area contributed by atoms with Gasteiger partial charge in [-0.15, -0.1) is 10.2 Å². The van der Waals surface area contributed by atoms with E-state index < -0.39 is 0 Å². The Balaban J connectivity index is 1.83. The monoisotopic (exact) mass is 276 g/mol.